The largest absolute Gasteiger partial charge is 0.355 e. The zero-order valence-electron chi connectivity index (χ0n) is 13.1. The van der Waals surface area contributed by atoms with Crippen molar-refractivity contribution in [2.75, 3.05) is 5.32 Å². The maximum atomic E-state index is 3.64. The maximum Gasteiger partial charge on any atom is 0.0463 e. The molecular formula is C21H21N. The van der Waals surface area contributed by atoms with Gasteiger partial charge in [-0.3, -0.25) is 0 Å². The van der Waals surface area contributed by atoms with Gasteiger partial charge in [0.25, 0.3) is 0 Å². The molecule has 0 fully saturated rings. The van der Waals surface area contributed by atoms with Crippen LogP contribution in [0, 0.1) is 6.92 Å². The van der Waals surface area contributed by atoms with Crippen LogP contribution in [0.25, 0.3) is 16.5 Å². The van der Waals surface area contributed by atoms with Crippen molar-refractivity contribution in [3.05, 3.63) is 83.9 Å². The number of rotatable bonds is 4. The first-order valence-corrected chi connectivity index (χ1v) is 7.80. The molecule has 1 heteroatoms. The molecule has 0 aromatic heterocycles. The van der Waals surface area contributed by atoms with Crippen LogP contribution in [0.1, 0.15) is 24.5 Å². The molecule has 1 nitrogen and oxygen atoms in total. The molecule has 0 radical (unpaired) electrons. The van der Waals surface area contributed by atoms with E-state index < -0.39 is 0 Å². The first-order chi connectivity index (χ1) is 10.8. The van der Waals surface area contributed by atoms with Crippen molar-refractivity contribution in [3.8, 4) is 0 Å². The number of benzene rings is 3. The second-order valence-electron chi connectivity index (χ2n) is 5.49. The van der Waals surface area contributed by atoms with Crippen LogP contribution in [0.4, 0.5) is 5.69 Å². The minimum atomic E-state index is 1.00. The summed E-state index contributed by atoms with van der Waals surface area (Å²) in [6.45, 7) is 4.33. The molecule has 0 aliphatic heterocycles. The van der Waals surface area contributed by atoms with Gasteiger partial charge in [0.15, 0.2) is 0 Å². The average Bonchev–Trinajstić information content (AvgIpc) is 2.55. The van der Waals surface area contributed by atoms with Gasteiger partial charge in [-0.15, -0.1) is 0 Å². The Labute approximate surface area is 132 Å². The van der Waals surface area contributed by atoms with E-state index in [9.17, 15) is 0 Å². The van der Waals surface area contributed by atoms with Crippen molar-refractivity contribution in [3.63, 3.8) is 0 Å². The van der Waals surface area contributed by atoms with E-state index in [2.05, 4.69) is 92.0 Å². The van der Waals surface area contributed by atoms with Gasteiger partial charge in [0.2, 0.25) is 0 Å². The summed E-state index contributed by atoms with van der Waals surface area (Å²) in [5.74, 6) is 0. The molecule has 0 aliphatic carbocycles. The van der Waals surface area contributed by atoms with E-state index in [1.165, 1.54) is 27.6 Å². The van der Waals surface area contributed by atoms with Crippen molar-refractivity contribution in [1.82, 2.24) is 0 Å². The van der Waals surface area contributed by atoms with Crippen LogP contribution in [0.15, 0.2) is 72.8 Å². The van der Waals surface area contributed by atoms with Crippen LogP contribution in [0.3, 0.4) is 0 Å². The quantitative estimate of drug-likeness (QED) is 0.619. The van der Waals surface area contributed by atoms with Gasteiger partial charge in [0, 0.05) is 22.3 Å². The molecular weight excluding hydrogens is 266 g/mol. The highest BCUT2D eigenvalue weighted by Gasteiger charge is 2.06. The van der Waals surface area contributed by atoms with E-state index in [4.69, 9.17) is 0 Å². The Morgan fingerprint density at radius 3 is 2.45 bits per heavy atom. The molecule has 0 bridgehead atoms. The highest BCUT2D eigenvalue weighted by molar-refractivity contribution is 5.97. The number of hydrogen-bond donors (Lipinski definition) is 1. The van der Waals surface area contributed by atoms with E-state index in [-0.39, 0.29) is 0 Å². The Kier molecular flexibility index (Phi) is 4.24. The molecule has 0 aliphatic rings. The van der Waals surface area contributed by atoms with Crippen molar-refractivity contribution < 1.29 is 0 Å². The highest BCUT2D eigenvalue weighted by atomic mass is 14.9. The van der Waals surface area contributed by atoms with Crippen molar-refractivity contribution in [2.24, 2.45) is 0 Å². The van der Waals surface area contributed by atoms with Crippen LogP contribution >= 0.6 is 0 Å². The third kappa shape index (κ3) is 2.89. The number of nitrogens with one attached hydrogen (secondary N) is 1. The molecule has 0 unspecified atom stereocenters. The van der Waals surface area contributed by atoms with Gasteiger partial charge >= 0.3 is 0 Å². The SMILES string of the molecule is CC/C=C(/Nc1cccc2ccccc12)c1ccccc1C. The van der Waals surface area contributed by atoms with Gasteiger partial charge in [-0.2, -0.15) is 0 Å². The number of aryl methyl sites for hydroxylation is 1. The fourth-order valence-corrected chi connectivity index (χ4v) is 2.79. The zero-order chi connectivity index (χ0) is 15.4. The summed E-state index contributed by atoms with van der Waals surface area (Å²) in [6, 6.07) is 23.4. The van der Waals surface area contributed by atoms with Crippen LogP contribution < -0.4 is 5.32 Å². The van der Waals surface area contributed by atoms with E-state index in [1.807, 2.05) is 0 Å². The molecule has 3 rings (SSSR count). The van der Waals surface area contributed by atoms with Gasteiger partial charge < -0.3 is 5.32 Å². The third-order valence-electron chi connectivity index (χ3n) is 3.90. The fraction of sp³-hybridized carbons (Fsp3) is 0.143. The van der Waals surface area contributed by atoms with Crippen LogP contribution in [-0.2, 0) is 0 Å². The van der Waals surface area contributed by atoms with Gasteiger partial charge in [-0.05, 0) is 30.4 Å². The van der Waals surface area contributed by atoms with Crippen molar-refractivity contribution in [1.29, 1.82) is 0 Å². The lowest BCUT2D eigenvalue weighted by molar-refractivity contribution is 1.22. The average molecular weight is 287 g/mol. The van der Waals surface area contributed by atoms with E-state index in [0.29, 0.717) is 0 Å². The van der Waals surface area contributed by atoms with E-state index in [0.717, 1.165) is 12.1 Å². The predicted octanol–water partition coefficient (Wildman–Crippen LogP) is 6.01. The van der Waals surface area contributed by atoms with Gasteiger partial charge in [0.05, 0.1) is 0 Å². The van der Waals surface area contributed by atoms with Gasteiger partial charge in [0.1, 0.15) is 0 Å². The Bertz CT molecular complexity index is 810. The summed E-state index contributed by atoms with van der Waals surface area (Å²) in [7, 11) is 0. The Balaban J connectivity index is 2.05. The van der Waals surface area contributed by atoms with Crippen molar-refractivity contribution >= 4 is 22.2 Å². The molecule has 0 saturated heterocycles. The normalized spacial score (nSPS) is 11.6. The molecule has 0 atom stereocenters. The Morgan fingerprint density at radius 2 is 1.64 bits per heavy atom. The predicted molar refractivity (Wildman–Crippen MR) is 97.0 cm³/mol. The van der Waals surface area contributed by atoms with E-state index >= 15 is 0 Å². The first kappa shape index (κ1) is 14.4. The van der Waals surface area contributed by atoms with Crippen LogP contribution in [0.2, 0.25) is 0 Å². The molecule has 0 spiro atoms. The molecule has 3 aromatic rings. The Hall–Kier alpha value is -2.54. The Morgan fingerprint density at radius 1 is 0.909 bits per heavy atom. The van der Waals surface area contributed by atoms with Crippen molar-refractivity contribution in [2.45, 2.75) is 20.3 Å². The lowest BCUT2D eigenvalue weighted by atomic mass is 10.0. The fourth-order valence-electron chi connectivity index (χ4n) is 2.79. The topological polar surface area (TPSA) is 12.0 Å². The molecule has 3 aromatic carbocycles. The smallest absolute Gasteiger partial charge is 0.0463 e. The maximum absolute atomic E-state index is 3.64. The number of hydrogen-bond acceptors (Lipinski definition) is 1. The number of allylic oxidation sites excluding steroid dienone is 1. The summed E-state index contributed by atoms with van der Waals surface area (Å²) < 4.78 is 0. The summed E-state index contributed by atoms with van der Waals surface area (Å²) >= 11 is 0. The molecule has 0 amide bonds. The minimum Gasteiger partial charge on any atom is -0.355 e. The standard InChI is InChI=1S/C21H21N/c1-3-9-20(18-13-6-4-10-16(18)2)22-21-15-8-12-17-11-5-7-14-19(17)21/h4-15,22H,3H2,1-2H3/b20-9+. The number of anilines is 1. The lowest BCUT2D eigenvalue weighted by Gasteiger charge is -2.15. The van der Waals surface area contributed by atoms with Gasteiger partial charge in [-0.1, -0.05) is 73.7 Å². The molecule has 0 heterocycles. The van der Waals surface area contributed by atoms with Gasteiger partial charge in [-0.25, -0.2) is 0 Å². The highest BCUT2D eigenvalue weighted by Crippen LogP contribution is 2.28. The second-order valence-corrected chi connectivity index (χ2v) is 5.49. The third-order valence-corrected chi connectivity index (χ3v) is 3.90. The monoisotopic (exact) mass is 287 g/mol. The molecule has 0 saturated carbocycles. The second kappa shape index (κ2) is 6.48. The summed E-state index contributed by atoms with van der Waals surface area (Å²) in [4.78, 5) is 0. The minimum absolute atomic E-state index is 1.00. The van der Waals surface area contributed by atoms with E-state index in [1.54, 1.807) is 0 Å². The lowest BCUT2D eigenvalue weighted by Crippen LogP contribution is -2.01. The number of fused-ring (bicyclic) bond motifs is 1. The first-order valence-electron chi connectivity index (χ1n) is 7.80. The molecule has 22 heavy (non-hydrogen) atoms. The summed E-state index contributed by atoms with van der Waals surface area (Å²) in [5, 5.41) is 6.15. The van der Waals surface area contributed by atoms with Crippen LogP contribution in [0.5, 0.6) is 0 Å². The molecule has 1 N–H and O–H groups in total. The summed E-state index contributed by atoms with van der Waals surface area (Å²) in [5.41, 5.74) is 4.88. The summed E-state index contributed by atoms with van der Waals surface area (Å²) in [6.07, 6.45) is 3.26. The zero-order valence-corrected chi connectivity index (χ0v) is 13.1. The molecule has 110 valence electrons. The van der Waals surface area contributed by atoms with Crippen LogP contribution in [-0.4, -0.2) is 0 Å².